The third-order valence-electron chi connectivity index (χ3n) is 3.20. The topological polar surface area (TPSA) is 128 Å². The highest BCUT2D eigenvalue weighted by atomic mass is 31.2. The van der Waals surface area contributed by atoms with E-state index in [0.717, 1.165) is 5.69 Å². The zero-order chi connectivity index (χ0) is 16.4. The molecule has 0 saturated carbocycles. The first-order valence-corrected chi connectivity index (χ1v) is 8.50. The Morgan fingerprint density at radius 2 is 2.09 bits per heavy atom. The minimum atomic E-state index is -4.15. The van der Waals surface area contributed by atoms with Crippen molar-refractivity contribution in [1.29, 1.82) is 0 Å². The quantitative estimate of drug-likeness (QED) is 0.487. The Morgan fingerprint density at radius 1 is 1.26 bits per heavy atom. The van der Waals surface area contributed by atoms with E-state index in [4.69, 9.17) is 14.5 Å². The highest BCUT2D eigenvalue weighted by Gasteiger charge is 2.15. The smallest absolute Gasteiger partial charge is 0.350 e. The number of hydrogen-bond acceptors (Lipinski definition) is 6. The van der Waals surface area contributed by atoms with Gasteiger partial charge in [-0.05, 0) is 0 Å². The summed E-state index contributed by atoms with van der Waals surface area (Å²) in [5.41, 5.74) is 2.74. The third-order valence-corrected chi connectivity index (χ3v) is 3.72. The van der Waals surface area contributed by atoms with Gasteiger partial charge in [0.1, 0.15) is 23.9 Å². The summed E-state index contributed by atoms with van der Waals surface area (Å²) in [4.78, 5) is 34.4. The molecule has 0 aliphatic heterocycles. The lowest BCUT2D eigenvalue weighted by molar-refractivity contribution is 0.149. The van der Waals surface area contributed by atoms with Gasteiger partial charge in [-0.2, -0.15) is 0 Å². The van der Waals surface area contributed by atoms with E-state index in [-0.39, 0.29) is 6.61 Å². The monoisotopic (exact) mass is 338 g/mol. The van der Waals surface area contributed by atoms with Gasteiger partial charge >= 0.3 is 7.60 Å². The highest BCUT2D eigenvalue weighted by molar-refractivity contribution is 7.51. The predicted molar refractivity (Wildman–Crippen MR) is 80.4 cm³/mol. The van der Waals surface area contributed by atoms with E-state index in [0.29, 0.717) is 23.4 Å². The van der Waals surface area contributed by atoms with Crippen LogP contribution in [0, 0.1) is 0 Å². The molecular weight excluding hydrogens is 323 g/mol. The second-order valence-corrected chi connectivity index (χ2v) is 6.51. The maximum absolute atomic E-state index is 10.7. The molecule has 2 N–H and O–H groups in total. The molecule has 0 fully saturated rings. The van der Waals surface area contributed by atoms with E-state index in [1.54, 1.807) is 23.4 Å². The summed E-state index contributed by atoms with van der Waals surface area (Å²) in [7, 11) is -2.28. The number of rotatable bonds is 6. The number of fused-ring (bicyclic) bond motifs is 1. The van der Waals surface area contributed by atoms with Crippen molar-refractivity contribution in [2.45, 2.75) is 6.54 Å². The molecular formula is C12H15N6O4P. The SMILES string of the molecule is Cn1cncc1-c1ncnc2c1ncn2CCOCP(=O)(O)O. The third kappa shape index (κ3) is 3.45. The number of aromatic nitrogens is 6. The average Bonchev–Trinajstić information content (AvgIpc) is 3.09. The van der Waals surface area contributed by atoms with Crippen LogP contribution in [-0.2, 0) is 22.9 Å². The van der Waals surface area contributed by atoms with E-state index in [1.807, 2.05) is 11.6 Å². The zero-order valence-corrected chi connectivity index (χ0v) is 13.2. The molecule has 0 aliphatic rings. The van der Waals surface area contributed by atoms with Crippen LogP contribution in [0.25, 0.3) is 22.6 Å². The van der Waals surface area contributed by atoms with Crippen molar-refractivity contribution in [3.8, 4) is 11.4 Å². The van der Waals surface area contributed by atoms with E-state index in [2.05, 4.69) is 19.9 Å². The summed E-state index contributed by atoms with van der Waals surface area (Å²) in [6.45, 7) is 0.514. The Bertz CT molecular complexity index is 869. The van der Waals surface area contributed by atoms with Gasteiger partial charge in [0.15, 0.2) is 5.65 Å². The van der Waals surface area contributed by atoms with Crippen molar-refractivity contribution >= 4 is 18.8 Å². The van der Waals surface area contributed by atoms with E-state index < -0.39 is 13.9 Å². The van der Waals surface area contributed by atoms with Gasteiger partial charge < -0.3 is 23.7 Å². The van der Waals surface area contributed by atoms with E-state index in [9.17, 15) is 4.57 Å². The molecule has 0 saturated heterocycles. The largest absolute Gasteiger partial charge is 0.367 e. The fraction of sp³-hybridized carbons (Fsp3) is 0.333. The van der Waals surface area contributed by atoms with Gasteiger partial charge in [0.2, 0.25) is 0 Å². The molecule has 0 radical (unpaired) electrons. The fourth-order valence-electron chi connectivity index (χ4n) is 2.16. The van der Waals surface area contributed by atoms with Crippen molar-refractivity contribution < 1.29 is 19.1 Å². The van der Waals surface area contributed by atoms with Gasteiger partial charge in [-0.15, -0.1) is 0 Å². The summed E-state index contributed by atoms with van der Waals surface area (Å²) in [5, 5.41) is 0. The minimum absolute atomic E-state index is 0.140. The molecule has 122 valence electrons. The molecule has 0 atom stereocenters. The van der Waals surface area contributed by atoms with Crippen LogP contribution < -0.4 is 0 Å². The lowest BCUT2D eigenvalue weighted by Crippen LogP contribution is -2.07. The molecule has 0 aliphatic carbocycles. The lowest BCUT2D eigenvalue weighted by atomic mass is 10.3. The molecule has 0 aromatic carbocycles. The molecule has 11 heteroatoms. The van der Waals surface area contributed by atoms with Crippen LogP contribution in [-0.4, -0.2) is 51.8 Å². The number of nitrogens with zero attached hydrogens (tertiary/aromatic N) is 6. The zero-order valence-electron chi connectivity index (χ0n) is 12.3. The van der Waals surface area contributed by atoms with Crippen LogP contribution in [0.5, 0.6) is 0 Å². The van der Waals surface area contributed by atoms with Gasteiger partial charge in [0.25, 0.3) is 0 Å². The van der Waals surface area contributed by atoms with Crippen molar-refractivity contribution in [1.82, 2.24) is 29.1 Å². The van der Waals surface area contributed by atoms with Gasteiger partial charge in [-0.3, -0.25) is 4.57 Å². The summed E-state index contributed by atoms with van der Waals surface area (Å²) in [6, 6.07) is 0. The van der Waals surface area contributed by atoms with Crippen LogP contribution in [0.4, 0.5) is 0 Å². The fourth-order valence-corrected chi connectivity index (χ4v) is 2.53. The van der Waals surface area contributed by atoms with Gasteiger partial charge in [-0.25, -0.2) is 19.9 Å². The number of hydrogen-bond donors (Lipinski definition) is 2. The normalized spacial score (nSPS) is 12.1. The second-order valence-electron chi connectivity index (χ2n) is 4.92. The molecule has 0 spiro atoms. The van der Waals surface area contributed by atoms with Crippen molar-refractivity contribution in [3.63, 3.8) is 0 Å². The molecule has 3 rings (SSSR count). The molecule has 0 amide bonds. The number of ether oxygens (including phenoxy) is 1. The van der Waals surface area contributed by atoms with Crippen LogP contribution in [0.1, 0.15) is 0 Å². The van der Waals surface area contributed by atoms with Crippen molar-refractivity contribution in [2.24, 2.45) is 7.05 Å². The van der Waals surface area contributed by atoms with Crippen LogP contribution >= 0.6 is 7.60 Å². The second kappa shape index (κ2) is 6.17. The van der Waals surface area contributed by atoms with Gasteiger partial charge in [-0.1, -0.05) is 0 Å². The lowest BCUT2D eigenvalue weighted by Gasteiger charge is -2.07. The first-order chi connectivity index (χ1) is 11.0. The van der Waals surface area contributed by atoms with Crippen LogP contribution in [0.2, 0.25) is 0 Å². The van der Waals surface area contributed by atoms with Crippen molar-refractivity contribution in [3.05, 3.63) is 25.2 Å². The van der Waals surface area contributed by atoms with Crippen LogP contribution in [0.15, 0.2) is 25.2 Å². The molecule has 0 bridgehead atoms. The van der Waals surface area contributed by atoms with Gasteiger partial charge in [0.05, 0.1) is 31.2 Å². The summed E-state index contributed by atoms with van der Waals surface area (Å²) in [5.74, 6) is 0. The average molecular weight is 338 g/mol. The summed E-state index contributed by atoms with van der Waals surface area (Å²) >= 11 is 0. The predicted octanol–water partition coefficient (Wildman–Crippen LogP) is 0.379. The molecule has 3 aromatic rings. The van der Waals surface area contributed by atoms with Crippen LogP contribution in [0.3, 0.4) is 0 Å². The molecule has 23 heavy (non-hydrogen) atoms. The Labute approximate surface area is 131 Å². The number of aryl methyl sites for hydroxylation is 1. The Morgan fingerprint density at radius 3 is 2.78 bits per heavy atom. The maximum atomic E-state index is 10.7. The van der Waals surface area contributed by atoms with Gasteiger partial charge in [0, 0.05) is 13.6 Å². The first-order valence-electron chi connectivity index (χ1n) is 6.70. The molecule has 3 aromatic heterocycles. The highest BCUT2D eigenvalue weighted by Crippen LogP contribution is 2.33. The molecule has 0 unspecified atom stereocenters. The summed E-state index contributed by atoms with van der Waals surface area (Å²) in [6.07, 6.45) is 5.81. The van der Waals surface area contributed by atoms with Crippen molar-refractivity contribution in [2.75, 3.05) is 13.0 Å². The maximum Gasteiger partial charge on any atom is 0.350 e. The Balaban J connectivity index is 1.82. The molecule has 10 nitrogen and oxygen atoms in total. The first kappa shape index (κ1) is 15.8. The summed E-state index contributed by atoms with van der Waals surface area (Å²) < 4.78 is 19.3. The standard InChI is InChI=1S/C12H15N6O4P/c1-17-6-13-4-9(17)10-11-12(15-5-14-10)18(7-16-11)2-3-22-8-23(19,20)21/h4-7H,2-3,8H2,1H3,(H2,19,20,21). The molecule has 3 heterocycles. The Kier molecular flexibility index (Phi) is 4.22. The number of imidazole rings is 2. The van der Waals surface area contributed by atoms with E-state index >= 15 is 0 Å². The Hall–Kier alpha value is -2.13. The minimum Gasteiger partial charge on any atom is -0.367 e. The van der Waals surface area contributed by atoms with E-state index in [1.165, 1.54) is 6.33 Å².